The number of aromatic nitrogens is 2. The Balaban J connectivity index is 1.72. The quantitative estimate of drug-likeness (QED) is 0.644. The van der Waals surface area contributed by atoms with Crippen LogP contribution in [0.2, 0.25) is 0 Å². The molecule has 7 heteroatoms. The highest BCUT2D eigenvalue weighted by Crippen LogP contribution is 2.31. The summed E-state index contributed by atoms with van der Waals surface area (Å²) in [5.41, 5.74) is 1.77. The first-order valence-electron chi connectivity index (χ1n) is 10.4. The predicted molar refractivity (Wildman–Crippen MR) is 116 cm³/mol. The molecule has 1 aliphatic heterocycles. The Morgan fingerprint density at radius 2 is 2.00 bits per heavy atom. The number of nitrogens with zero attached hydrogens (tertiary/aromatic N) is 3. The number of ether oxygens (including phenoxy) is 1. The molecule has 1 atom stereocenters. The lowest BCUT2D eigenvalue weighted by Gasteiger charge is -2.23. The molecule has 1 aromatic carbocycles. The van der Waals surface area contributed by atoms with Crippen LogP contribution in [-0.4, -0.2) is 48.2 Å². The molecule has 0 saturated carbocycles. The number of hydrogen-bond acceptors (Lipinski definition) is 6. The van der Waals surface area contributed by atoms with Gasteiger partial charge in [0.05, 0.1) is 12.8 Å². The van der Waals surface area contributed by atoms with Gasteiger partial charge in [0.15, 0.2) is 5.82 Å². The Labute approximate surface area is 172 Å². The normalized spacial score (nSPS) is 15.3. The maximum atomic E-state index is 15.3. The summed E-state index contributed by atoms with van der Waals surface area (Å²) in [6.45, 7) is 6.52. The molecule has 0 spiro atoms. The Kier molecular flexibility index (Phi) is 7.25. The van der Waals surface area contributed by atoms with Gasteiger partial charge in [0.2, 0.25) is 5.95 Å². The minimum atomic E-state index is -0.297. The van der Waals surface area contributed by atoms with Gasteiger partial charge in [-0.05, 0) is 71.2 Å². The highest BCUT2D eigenvalue weighted by atomic mass is 19.1. The van der Waals surface area contributed by atoms with Gasteiger partial charge in [-0.25, -0.2) is 9.37 Å². The van der Waals surface area contributed by atoms with E-state index in [1.165, 1.54) is 25.9 Å². The van der Waals surface area contributed by atoms with E-state index < -0.39 is 0 Å². The van der Waals surface area contributed by atoms with Crippen LogP contribution in [0.15, 0.2) is 18.2 Å². The smallest absolute Gasteiger partial charge is 0.229 e. The van der Waals surface area contributed by atoms with E-state index in [0.29, 0.717) is 41.2 Å². The first-order chi connectivity index (χ1) is 14.0. The van der Waals surface area contributed by atoms with Crippen LogP contribution in [0, 0.1) is 12.7 Å². The van der Waals surface area contributed by atoms with Crippen LogP contribution in [0.3, 0.4) is 0 Å². The van der Waals surface area contributed by atoms with Gasteiger partial charge in [0.25, 0.3) is 0 Å². The molecule has 2 heterocycles. The molecule has 2 N–H and O–H groups in total. The Bertz CT molecular complexity index is 823. The van der Waals surface area contributed by atoms with Crippen molar-refractivity contribution in [3.05, 3.63) is 35.3 Å². The highest BCUT2D eigenvalue weighted by Gasteiger charge is 2.19. The summed E-state index contributed by atoms with van der Waals surface area (Å²) in [6.07, 6.45) is 5.18. The first-order valence-corrected chi connectivity index (χ1v) is 10.4. The van der Waals surface area contributed by atoms with Crippen LogP contribution in [0.25, 0.3) is 0 Å². The van der Waals surface area contributed by atoms with Crippen molar-refractivity contribution in [2.45, 2.75) is 52.0 Å². The fourth-order valence-corrected chi connectivity index (χ4v) is 3.94. The van der Waals surface area contributed by atoms with Crippen molar-refractivity contribution in [2.75, 3.05) is 37.9 Å². The maximum Gasteiger partial charge on any atom is 0.229 e. The van der Waals surface area contributed by atoms with Crippen molar-refractivity contribution in [1.82, 2.24) is 14.9 Å². The van der Waals surface area contributed by atoms with Crippen molar-refractivity contribution in [1.29, 1.82) is 0 Å². The predicted octanol–water partition coefficient (Wildman–Crippen LogP) is 4.53. The number of methoxy groups -OCH3 is 1. The monoisotopic (exact) mass is 401 g/mol. The number of anilines is 3. The average molecular weight is 402 g/mol. The minimum Gasteiger partial charge on any atom is -0.496 e. The second-order valence-corrected chi connectivity index (χ2v) is 7.69. The van der Waals surface area contributed by atoms with Crippen molar-refractivity contribution < 1.29 is 9.13 Å². The summed E-state index contributed by atoms with van der Waals surface area (Å²) in [5.74, 6) is 1.34. The molecule has 0 unspecified atom stereocenters. The SMILES string of the molecule is CNc1cc(C)nc(Nc2ccc(OC)c(CCC[C@H](C)N3CCCC3)c2F)n1. The zero-order valence-corrected chi connectivity index (χ0v) is 17.9. The van der Waals surface area contributed by atoms with Gasteiger partial charge in [0, 0.05) is 30.4 Å². The zero-order chi connectivity index (χ0) is 20.8. The summed E-state index contributed by atoms with van der Waals surface area (Å²) in [5, 5.41) is 6.01. The summed E-state index contributed by atoms with van der Waals surface area (Å²) in [7, 11) is 3.38. The number of halogens is 1. The van der Waals surface area contributed by atoms with Crippen LogP contribution >= 0.6 is 0 Å². The average Bonchev–Trinajstić information content (AvgIpc) is 3.25. The molecular formula is C22H32FN5O. The van der Waals surface area contributed by atoms with E-state index in [-0.39, 0.29) is 5.82 Å². The highest BCUT2D eigenvalue weighted by molar-refractivity contribution is 5.60. The van der Waals surface area contributed by atoms with E-state index in [1.54, 1.807) is 26.3 Å². The second-order valence-electron chi connectivity index (χ2n) is 7.69. The zero-order valence-electron chi connectivity index (χ0n) is 17.9. The van der Waals surface area contributed by atoms with Crippen LogP contribution in [0.5, 0.6) is 5.75 Å². The topological polar surface area (TPSA) is 62.3 Å². The van der Waals surface area contributed by atoms with Crippen molar-refractivity contribution in [3.63, 3.8) is 0 Å². The van der Waals surface area contributed by atoms with Crippen LogP contribution in [-0.2, 0) is 6.42 Å². The Morgan fingerprint density at radius 3 is 2.69 bits per heavy atom. The molecule has 0 aliphatic carbocycles. The third kappa shape index (κ3) is 5.35. The number of aryl methyl sites for hydroxylation is 1. The van der Waals surface area contributed by atoms with Gasteiger partial charge in [-0.1, -0.05) is 0 Å². The molecule has 2 aromatic rings. The number of rotatable bonds is 9. The molecule has 1 aliphatic rings. The number of hydrogen-bond donors (Lipinski definition) is 2. The number of benzene rings is 1. The molecule has 29 heavy (non-hydrogen) atoms. The standard InChI is InChI=1S/C22H32FN5O/c1-15-14-20(24-3)27-22(25-15)26-18-10-11-19(29-4)17(21(18)23)9-7-8-16(2)28-12-5-6-13-28/h10-11,14,16H,5-9,12-13H2,1-4H3,(H2,24,25,26,27)/t16-/m0/s1. The van der Waals surface area contributed by atoms with Gasteiger partial charge >= 0.3 is 0 Å². The van der Waals surface area contributed by atoms with Gasteiger partial charge in [-0.15, -0.1) is 0 Å². The molecule has 1 aromatic heterocycles. The third-order valence-electron chi connectivity index (χ3n) is 5.59. The van der Waals surface area contributed by atoms with Gasteiger partial charge in [-0.2, -0.15) is 4.98 Å². The molecule has 1 fully saturated rings. The lowest BCUT2D eigenvalue weighted by atomic mass is 10.0. The van der Waals surface area contributed by atoms with Gasteiger partial charge in [0.1, 0.15) is 11.6 Å². The lowest BCUT2D eigenvalue weighted by Crippen LogP contribution is -2.30. The maximum absolute atomic E-state index is 15.3. The van der Waals surface area contributed by atoms with Gasteiger partial charge < -0.3 is 20.3 Å². The second kappa shape index (κ2) is 9.87. The van der Waals surface area contributed by atoms with Gasteiger partial charge in [-0.3, -0.25) is 0 Å². The lowest BCUT2D eigenvalue weighted by molar-refractivity contribution is 0.243. The van der Waals surface area contributed by atoms with Crippen LogP contribution in [0.1, 0.15) is 43.9 Å². The van der Waals surface area contributed by atoms with E-state index in [4.69, 9.17) is 4.74 Å². The molecule has 0 bridgehead atoms. The number of nitrogens with one attached hydrogen (secondary N) is 2. The fourth-order valence-electron chi connectivity index (χ4n) is 3.94. The molecule has 1 saturated heterocycles. The summed E-state index contributed by atoms with van der Waals surface area (Å²) in [4.78, 5) is 11.2. The molecule has 0 amide bonds. The molecule has 158 valence electrons. The Morgan fingerprint density at radius 1 is 1.24 bits per heavy atom. The minimum absolute atomic E-state index is 0.297. The third-order valence-corrected chi connectivity index (χ3v) is 5.59. The van der Waals surface area contributed by atoms with Crippen LogP contribution < -0.4 is 15.4 Å². The summed E-state index contributed by atoms with van der Waals surface area (Å²) in [6, 6.07) is 5.85. The van der Waals surface area contributed by atoms with Crippen molar-refractivity contribution >= 4 is 17.5 Å². The first kappa shape index (κ1) is 21.3. The molecule has 3 rings (SSSR count). The largest absolute Gasteiger partial charge is 0.496 e. The van der Waals surface area contributed by atoms with E-state index in [1.807, 2.05) is 13.0 Å². The fraction of sp³-hybridized carbons (Fsp3) is 0.545. The van der Waals surface area contributed by atoms with E-state index in [9.17, 15) is 0 Å². The van der Waals surface area contributed by atoms with Crippen LogP contribution in [0.4, 0.5) is 21.8 Å². The summed E-state index contributed by atoms with van der Waals surface area (Å²) >= 11 is 0. The van der Waals surface area contributed by atoms with E-state index in [0.717, 1.165) is 18.5 Å². The molecular weight excluding hydrogens is 369 g/mol. The molecule has 0 radical (unpaired) electrons. The summed E-state index contributed by atoms with van der Waals surface area (Å²) < 4.78 is 20.7. The van der Waals surface area contributed by atoms with E-state index >= 15 is 4.39 Å². The Hall–Kier alpha value is -2.41. The van der Waals surface area contributed by atoms with Crippen molar-refractivity contribution in [2.24, 2.45) is 0 Å². The molecule has 6 nitrogen and oxygen atoms in total. The van der Waals surface area contributed by atoms with E-state index in [2.05, 4.69) is 32.4 Å². The number of likely N-dealkylation sites (tertiary alicyclic amines) is 1. The van der Waals surface area contributed by atoms with Crippen molar-refractivity contribution in [3.8, 4) is 5.75 Å².